The Morgan fingerprint density at radius 1 is 0.853 bits per heavy atom. The summed E-state index contributed by atoms with van der Waals surface area (Å²) in [4.78, 5) is 27.8. The molecule has 0 aromatic heterocycles. The van der Waals surface area contributed by atoms with Crippen LogP contribution in [0.4, 0.5) is 0 Å². The molecule has 1 aromatic carbocycles. The van der Waals surface area contributed by atoms with Gasteiger partial charge in [-0.1, -0.05) is 49.6 Å². The third-order valence-corrected chi connectivity index (χ3v) is 9.02. The van der Waals surface area contributed by atoms with Crippen LogP contribution in [0.25, 0.3) is 6.08 Å². The highest BCUT2D eigenvalue weighted by Gasteiger charge is 2.35. The van der Waals surface area contributed by atoms with Crippen molar-refractivity contribution in [3.8, 4) is 0 Å². The second kappa shape index (κ2) is 11.5. The van der Waals surface area contributed by atoms with Gasteiger partial charge in [-0.25, -0.2) is 8.42 Å². The van der Waals surface area contributed by atoms with E-state index in [0.29, 0.717) is 39.0 Å². The van der Waals surface area contributed by atoms with Crippen LogP contribution in [0, 0.1) is 11.8 Å². The van der Waals surface area contributed by atoms with Crippen molar-refractivity contribution in [2.75, 3.05) is 26.2 Å². The summed E-state index contributed by atoms with van der Waals surface area (Å²) in [5, 5.41) is 4.47. The first-order valence-electron chi connectivity index (χ1n) is 12.7. The SMILES string of the molecule is O=C(NC1CCCCC1)C1CCCN(C(=O)C2CCN(S(=O)(=O)/C=C/c3ccccc3)CC2)C1. The van der Waals surface area contributed by atoms with Crippen molar-refractivity contribution < 1.29 is 18.0 Å². The number of rotatable bonds is 6. The van der Waals surface area contributed by atoms with Gasteiger partial charge in [0.15, 0.2) is 0 Å². The molecule has 1 N–H and O–H groups in total. The van der Waals surface area contributed by atoms with E-state index in [0.717, 1.165) is 31.2 Å². The molecule has 0 radical (unpaired) electrons. The maximum absolute atomic E-state index is 13.2. The monoisotopic (exact) mass is 487 g/mol. The lowest BCUT2D eigenvalue weighted by Crippen LogP contribution is -2.50. The van der Waals surface area contributed by atoms with E-state index >= 15 is 0 Å². The van der Waals surface area contributed by atoms with Gasteiger partial charge in [-0.15, -0.1) is 0 Å². The summed E-state index contributed by atoms with van der Waals surface area (Å²) >= 11 is 0. The van der Waals surface area contributed by atoms with Crippen molar-refractivity contribution in [3.05, 3.63) is 41.3 Å². The smallest absolute Gasteiger partial charge is 0.236 e. The molecule has 1 atom stereocenters. The minimum Gasteiger partial charge on any atom is -0.353 e. The molecular formula is C26H37N3O4S. The molecule has 2 saturated heterocycles. The lowest BCUT2D eigenvalue weighted by molar-refractivity contribution is -0.140. The molecule has 2 heterocycles. The van der Waals surface area contributed by atoms with Gasteiger partial charge >= 0.3 is 0 Å². The lowest BCUT2D eigenvalue weighted by atomic mass is 9.91. The molecule has 8 heteroatoms. The second-order valence-corrected chi connectivity index (χ2v) is 11.7. The molecule has 1 aromatic rings. The van der Waals surface area contributed by atoms with Gasteiger partial charge in [0.2, 0.25) is 21.8 Å². The molecule has 1 saturated carbocycles. The Morgan fingerprint density at radius 3 is 2.26 bits per heavy atom. The van der Waals surface area contributed by atoms with Crippen molar-refractivity contribution in [2.24, 2.45) is 11.8 Å². The van der Waals surface area contributed by atoms with Crippen molar-refractivity contribution in [1.29, 1.82) is 0 Å². The molecule has 7 nitrogen and oxygen atoms in total. The number of carbonyl (C=O) groups excluding carboxylic acids is 2. The fourth-order valence-electron chi connectivity index (χ4n) is 5.39. The molecule has 4 rings (SSSR count). The third-order valence-electron chi connectivity index (χ3n) is 7.45. The van der Waals surface area contributed by atoms with Gasteiger partial charge in [0.05, 0.1) is 5.92 Å². The van der Waals surface area contributed by atoms with E-state index in [1.165, 1.54) is 29.0 Å². The van der Waals surface area contributed by atoms with Crippen molar-refractivity contribution in [2.45, 2.75) is 63.8 Å². The molecule has 2 amide bonds. The fourth-order valence-corrected chi connectivity index (χ4v) is 6.61. The zero-order chi connectivity index (χ0) is 24.0. The van der Waals surface area contributed by atoms with Crippen LogP contribution in [0.1, 0.15) is 63.4 Å². The van der Waals surface area contributed by atoms with E-state index in [-0.39, 0.29) is 29.7 Å². The number of hydrogen-bond donors (Lipinski definition) is 1. The summed E-state index contributed by atoms with van der Waals surface area (Å²) in [5.74, 6) is -0.143. The van der Waals surface area contributed by atoms with E-state index in [1.54, 1.807) is 6.08 Å². The molecular weight excluding hydrogens is 450 g/mol. The molecule has 1 unspecified atom stereocenters. The number of hydrogen-bond acceptors (Lipinski definition) is 4. The van der Waals surface area contributed by atoms with Crippen molar-refractivity contribution in [3.63, 3.8) is 0 Å². The first-order valence-corrected chi connectivity index (χ1v) is 14.2. The van der Waals surface area contributed by atoms with Crippen LogP contribution in [0.2, 0.25) is 0 Å². The number of benzene rings is 1. The number of likely N-dealkylation sites (tertiary alicyclic amines) is 1. The minimum atomic E-state index is -3.51. The second-order valence-electron chi connectivity index (χ2n) is 9.90. The zero-order valence-electron chi connectivity index (χ0n) is 19.9. The first kappa shape index (κ1) is 24.9. The summed E-state index contributed by atoms with van der Waals surface area (Å²) in [5.41, 5.74) is 0.836. The normalized spacial score (nSPS) is 23.8. The molecule has 0 spiro atoms. The Labute approximate surface area is 203 Å². The van der Waals surface area contributed by atoms with Gasteiger partial charge in [-0.2, -0.15) is 4.31 Å². The van der Waals surface area contributed by atoms with Crippen LogP contribution in [0.5, 0.6) is 0 Å². The predicted molar refractivity (Wildman–Crippen MR) is 133 cm³/mol. The van der Waals surface area contributed by atoms with Crippen LogP contribution < -0.4 is 5.32 Å². The quantitative estimate of drug-likeness (QED) is 0.666. The third kappa shape index (κ3) is 6.48. The van der Waals surface area contributed by atoms with Crippen LogP contribution >= 0.6 is 0 Å². The number of nitrogens with zero attached hydrogens (tertiary/aromatic N) is 2. The highest BCUT2D eigenvalue weighted by molar-refractivity contribution is 7.92. The number of amides is 2. The highest BCUT2D eigenvalue weighted by atomic mass is 32.2. The summed E-state index contributed by atoms with van der Waals surface area (Å²) in [6, 6.07) is 9.63. The zero-order valence-corrected chi connectivity index (χ0v) is 20.7. The van der Waals surface area contributed by atoms with E-state index in [2.05, 4.69) is 5.32 Å². The Balaban J connectivity index is 1.27. The lowest BCUT2D eigenvalue weighted by Gasteiger charge is -2.37. The Morgan fingerprint density at radius 2 is 1.56 bits per heavy atom. The number of sulfonamides is 1. The summed E-state index contributed by atoms with van der Waals surface area (Å²) in [6.45, 7) is 1.86. The van der Waals surface area contributed by atoms with Gasteiger partial charge in [-0.05, 0) is 50.2 Å². The van der Waals surface area contributed by atoms with Crippen LogP contribution in [-0.4, -0.2) is 61.7 Å². The number of carbonyl (C=O) groups is 2. The molecule has 3 aliphatic rings. The largest absolute Gasteiger partial charge is 0.353 e. The maximum atomic E-state index is 13.2. The molecule has 2 aliphatic heterocycles. The topological polar surface area (TPSA) is 86.8 Å². The molecule has 3 fully saturated rings. The predicted octanol–water partition coefficient (Wildman–Crippen LogP) is 3.39. The average Bonchev–Trinajstić information content (AvgIpc) is 2.88. The van der Waals surface area contributed by atoms with Gasteiger partial charge in [-0.3, -0.25) is 9.59 Å². The Hall–Kier alpha value is -2.19. The fraction of sp³-hybridized carbons (Fsp3) is 0.615. The molecule has 186 valence electrons. The van der Waals surface area contributed by atoms with Crippen molar-refractivity contribution in [1.82, 2.24) is 14.5 Å². The Kier molecular flexibility index (Phi) is 8.42. The first-order chi connectivity index (χ1) is 16.4. The van der Waals surface area contributed by atoms with Gasteiger partial charge in [0, 0.05) is 43.5 Å². The Bertz CT molecular complexity index is 965. The minimum absolute atomic E-state index is 0.0760. The molecule has 0 bridgehead atoms. The standard InChI is InChI=1S/C26H37N3O4S/c30-25(27-24-11-5-2-6-12-24)23-10-7-16-28(20-23)26(31)22-13-17-29(18-14-22)34(32,33)19-15-21-8-3-1-4-9-21/h1,3-4,8-9,15,19,22-24H,2,5-7,10-14,16-18,20H2,(H,27,30)/b19-15+. The maximum Gasteiger partial charge on any atom is 0.236 e. The van der Waals surface area contributed by atoms with E-state index < -0.39 is 10.0 Å². The van der Waals surface area contributed by atoms with Gasteiger partial charge in [0.25, 0.3) is 0 Å². The van der Waals surface area contributed by atoms with E-state index in [1.807, 2.05) is 35.2 Å². The van der Waals surface area contributed by atoms with Gasteiger partial charge < -0.3 is 10.2 Å². The number of nitrogens with one attached hydrogen (secondary N) is 1. The summed E-state index contributed by atoms with van der Waals surface area (Å²) in [6.07, 6.45) is 10.0. The average molecular weight is 488 g/mol. The van der Waals surface area contributed by atoms with Crippen LogP contribution in [0.15, 0.2) is 35.7 Å². The van der Waals surface area contributed by atoms with E-state index in [9.17, 15) is 18.0 Å². The molecule has 34 heavy (non-hydrogen) atoms. The van der Waals surface area contributed by atoms with Crippen LogP contribution in [0.3, 0.4) is 0 Å². The van der Waals surface area contributed by atoms with Crippen molar-refractivity contribution >= 4 is 27.9 Å². The summed E-state index contributed by atoms with van der Waals surface area (Å²) < 4.78 is 26.9. The highest BCUT2D eigenvalue weighted by Crippen LogP contribution is 2.26. The van der Waals surface area contributed by atoms with Gasteiger partial charge in [0.1, 0.15) is 0 Å². The number of piperidine rings is 2. The van der Waals surface area contributed by atoms with E-state index in [4.69, 9.17) is 0 Å². The van der Waals surface area contributed by atoms with Crippen LogP contribution in [-0.2, 0) is 19.6 Å². The summed E-state index contributed by atoms with van der Waals surface area (Å²) in [7, 11) is -3.51. The molecule has 1 aliphatic carbocycles.